The van der Waals surface area contributed by atoms with Crippen molar-refractivity contribution in [3.05, 3.63) is 35.4 Å². The van der Waals surface area contributed by atoms with Gasteiger partial charge in [-0.25, -0.2) is 0 Å². The Morgan fingerprint density at radius 1 is 1.25 bits per heavy atom. The van der Waals surface area contributed by atoms with Crippen LogP contribution in [-0.4, -0.2) is 24.1 Å². The van der Waals surface area contributed by atoms with Gasteiger partial charge in [0.1, 0.15) is 0 Å². The third-order valence-corrected chi connectivity index (χ3v) is 5.21. The van der Waals surface area contributed by atoms with Gasteiger partial charge in [0, 0.05) is 5.56 Å². The summed E-state index contributed by atoms with van der Waals surface area (Å²) < 4.78 is 5.00. The molecule has 0 spiro atoms. The minimum absolute atomic E-state index is 0.154. The van der Waals surface area contributed by atoms with Crippen LogP contribution in [0.25, 0.3) is 0 Å². The van der Waals surface area contributed by atoms with Crippen LogP contribution in [0.2, 0.25) is 0 Å². The Labute approximate surface area is 143 Å². The number of hydrogen-bond acceptors (Lipinski definition) is 4. The summed E-state index contributed by atoms with van der Waals surface area (Å²) in [4.78, 5) is 38.1. The fourth-order valence-corrected chi connectivity index (χ4v) is 3.34. The summed E-state index contributed by atoms with van der Waals surface area (Å²) in [5.74, 6) is -2.33. The standard InChI is InChI=1S/C20H26O4/c1-5-13(3)11-12-20(4)15-10-8-7-9-14(15)17(21)16(18(20)22)19(23)24-6-2/h7-10,13,16H,5-6,11-12H2,1-4H3/t13-,16?,20?/m0/s1. The van der Waals surface area contributed by atoms with E-state index in [-0.39, 0.29) is 12.4 Å². The first kappa shape index (κ1) is 18.4. The van der Waals surface area contributed by atoms with Gasteiger partial charge in [0.2, 0.25) is 0 Å². The van der Waals surface area contributed by atoms with E-state index in [0.717, 1.165) is 18.4 Å². The summed E-state index contributed by atoms with van der Waals surface area (Å²) in [6, 6.07) is 7.15. The number of fused-ring (bicyclic) bond motifs is 1. The van der Waals surface area contributed by atoms with E-state index >= 15 is 0 Å². The fourth-order valence-electron chi connectivity index (χ4n) is 3.34. The summed E-state index contributed by atoms with van der Waals surface area (Å²) in [5, 5.41) is 0. The van der Waals surface area contributed by atoms with Crippen LogP contribution in [0.15, 0.2) is 24.3 Å². The van der Waals surface area contributed by atoms with E-state index in [1.54, 1.807) is 19.1 Å². The van der Waals surface area contributed by atoms with Gasteiger partial charge in [0.05, 0.1) is 12.0 Å². The maximum Gasteiger partial charge on any atom is 0.324 e. The van der Waals surface area contributed by atoms with Gasteiger partial charge in [-0.05, 0) is 38.2 Å². The van der Waals surface area contributed by atoms with E-state index in [1.807, 2.05) is 19.1 Å². The molecule has 3 atom stereocenters. The molecule has 0 aliphatic heterocycles. The normalized spacial score (nSPS) is 24.4. The number of ether oxygens (including phenoxy) is 1. The van der Waals surface area contributed by atoms with Crippen molar-refractivity contribution in [1.29, 1.82) is 0 Å². The fraction of sp³-hybridized carbons (Fsp3) is 0.550. The second-order valence-electron chi connectivity index (χ2n) is 6.84. The molecule has 0 radical (unpaired) electrons. The van der Waals surface area contributed by atoms with Gasteiger partial charge in [-0.2, -0.15) is 0 Å². The van der Waals surface area contributed by atoms with Crippen LogP contribution in [0.4, 0.5) is 0 Å². The lowest BCUT2D eigenvalue weighted by molar-refractivity contribution is -0.151. The largest absolute Gasteiger partial charge is 0.465 e. The van der Waals surface area contributed by atoms with E-state index in [4.69, 9.17) is 4.74 Å². The predicted octanol–water partition coefficient (Wildman–Crippen LogP) is 3.72. The van der Waals surface area contributed by atoms with Gasteiger partial charge < -0.3 is 4.74 Å². The minimum atomic E-state index is -1.33. The maximum atomic E-state index is 13.1. The topological polar surface area (TPSA) is 60.4 Å². The molecule has 0 bridgehead atoms. The molecule has 0 heterocycles. The van der Waals surface area contributed by atoms with E-state index in [0.29, 0.717) is 17.9 Å². The minimum Gasteiger partial charge on any atom is -0.465 e. The number of benzene rings is 1. The number of carbonyl (C=O) groups excluding carboxylic acids is 3. The van der Waals surface area contributed by atoms with Gasteiger partial charge in [-0.15, -0.1) is 0 Å². The highest BCUT2D eigenvalue weighted by Crippen LogP contribution is 2.41. The quantitative estimate of drug-likeness (QED) is 0.589. The number of hydrogen-bond donors (Lipinski definition) is 0. The van der Waals surface area contributed by atoms with Gasteiger partial charge >= 0.3 is 5.97 Å². The zero-order valence-electron chi connectivity index (χ0n) is 14.9. The number of Topliss-reactive ketones (excluding diaryl/α,β-unsaturated/α-hetero) is 2. The Morgan fingerprint density at radius 2 is 1.92 bits per heavy atom. The third kappa shape index (κ3) is 3.14. The zero-order valence-corrected chi connectivity index (χ0v) is 14.9. The van der Waals surface area contributed by atoms with Crippen LogP contribution in [0.3, 0.4) is 0 Å². The van der Waals surface area contributed by atoms with Gasteiger partial charge in [-0.3, -0.25) is 14.4 Å². The van der Waals surface area contributed by atoms with Crippen LogP contribution in [-0.2, 0) is 19.7 Å². The Hall–Kier alpha value is -1.97. The monoisotopic (exact) mass is 330 g/mol. The Bertz CT molecular complexity index is 649. The van der Waals surface area contributed by atoms with Crippen LogP contribution < -0.4 is 0 Å². The number of carbonyl (C=O) groups is 3. The summed E-state index contributed by atoms with van der Waals surface area (Å²) in [7, 11) is 0. The highest BCUT2D eigenvalue weighted by atomic mass is 16.5. The first-order valence-corrected chi connectivity index (χ1v) is 8.71. The van der Waals surface area contributed by atoms with Crippen molar-refractivity contribution in [2.24, 2.45) is 11.8 Å². The van der Waals surface area contributed by atoms with Gasteiger partial charge in [0.25, 0.3) is 0 Å². The molecule has 0 saturated carbocycles. The van der Waals surface area contributed by atoms with Crippen molar-refractivity contribution in [2.45, 2.75) is 52.4 Å². The summed E-state index contributed by atoms with van der Waals surface area (Å²) >= 11 is 0. The second kappa shape index (κ2) is 7.29. The van der Waals surface area contributed by atoms with Crippen molar-refractivity contribution >= 4 is 17.5 Å². The Morgan fingerprint density at radius 3 is 2.54 bits per heavy atom. The number of rotatable bonds is 6. The van der Waals surface area contributed by atoms with E-state index < -0.39 is 23.1 Å². The lowest BCUT2D eigenvalue weighted by Gasteiger charge is -2.37. The van der Waals surface area contributed by atoms with Gasteiger partial charge in [0.15, 0.2) is 17.5 Å². The summed E-state index contributed by atoms with van der Waals surface area (Å²) in [5.41, 5.74) is 0.386. The van der Waals surface area contributed by atoms with Gasteiger partial charge in [-0.1, -0.05) is 44.5 Å². The molecule has 2 rings (SSSR count). The average Bonchev–Trinajstić information content (AvgIpc) is 2.58. The number of esters is 1. The predicted molar refractivity (Wildman–Crippen MR) is 91.9 cm³/mol. The Balaban J connectivity index is 2.48. The van der Waals surface area contributed by atoms with Crippen LogP contribution in [0.5, 0.6) is 0 Å². The van der Waals surface area contributed by atoms with E-state index in [2.05, 4.69) is 13.8 Å². The first-order chi connectivity index (χ1) is 11.4. The molecule has 0 aromatic heterocycles. The molecule has 4 heteroatoms. The molecule has 130 valence electrons. The molecule has 1 aromatic rings. The SMILES string of the molecule is CCOC(=O)C1C(=O)c2ccccc2C(C)(CC[C@@H](C)CC)C1=O. The lowest BCUT2D eigenvalue weighted by Crippen LogP contribution is -2.49. The molecular formula is C20H26O4. The lowest BCUT2D eigenvalue weighted by atomic mass is 9.63. The van der Waals surface area contributed by atoms with Crippen molar-refractivity contribution in [1.82, 2.24) is 0 Å². The molecular weight excluding hydrogens is 304 g/mol. The smallest absolute Gasteiger partial charge is 0.324 e. The Kier molecular flexibility index (Phi) is 5.58. The molecule has 0 amide bonds. The molecule has 1 aliphatic carbocycles. The van der Waals surface area contributed by atoms with E-state index in [1.165, 1.54) is 0 Å². The van der Waals surface area contributed by atoms with Crippen LogP contribution >= 0.6 is 0 Å². The zero-order chi connectivity index (χ0) is 17.9. The number of ketones is 2. The van der Waals surface area contributed by atoms with Crippen LogP contribution in [0, 0.1) is 11.8 Å². The van der Waals surface area contributed by atoms with Crippen molar-refractivity contribution in [2.75, 3.05) is 6.61 Å². The van der Waals surface area contributed by atoms with Crippen molar-refractivity contribution in [3.8, 4) is 0 Å². The third-order valence-electron chi connectivity index (χ3n) is 5.21. The molecule has 2 unspecified atom stereocenters. The van der Waals surface area contributed by atoms with Crippen LogP contribution in [0.1, 0.15) is 62.9 Å². The van der Waals surface area contributed by atoms with Crippen molar-refractivity contribution < 1.29 is 19.1 Å². The molecule has 0 fully saturated rings. The maximum absolute atomic E-state index is 13.1. The van der Waals surface area contributed by atoms with E-state index in [9.17, 15) is 14.4 Å². The molecule has 24 heavy (non-hydrogen) atoms. The molecule has 0 N–H and O–H groups in total. The molecule has 4 nitrogen and oxygen atoms in total. The second-order valence-corrected chi connectivity index (χ2v) is 6.84. The highest BCUT2D eigenvalue weighted by molar-refractivity contribution is 6.28. The molecule has 1 aromatic carbocycles. The first-order valence-electron chi connectivity index (χ1n) is 8.71. The van der Waals surface area contributed by atoms with Crippen molar-refractivity contribution in [3.63, 3.8) is 0 Å². The summed E-state index contributed by atoms with van der Waals surface area (Å²) in [6.45, 7) is 7.95. The molecule has 1 aliphatic rings. The average molecular weight is 330 g/mol. The highest BCUT2D eigenvalue weighted by Gasteiger charge is 2.51. The molecule has 0 saturated heterocycles. The summed E-state index contributed by atoms with van der Waals surface area (Å²) in [6.07, 6.45) is 2.53.